The van der Waals surface area contributed by atoms with Gasteiger partial charge in [0.15, 0.2) is 0 Å². The molecule has 132 valence electrons. The van der Waals surface area contributed by atoms with E-state index < -0.39 is 7.87 Å². The van der Waals surface area contributed by atoms with Gasteiger partial charge in [-0.25, -0.2) is 5.09 Å². The zero-order valence-corrected chi connectivity index (χ0v) is 16.9. The Kier molecular flexibility index (Phi) is 5.45. The van der Waals surface area contributed by atoms with Gasteiger partial charge in [-0.2, -0.15) is 0 Å². The van der Waals surface area contributed by atoms with Crippen molar-refractivity contribution in [2.75, 3.05) is 44.4 Å². The number of halogens is 1. The summed E-state index contributed by atoms with van der Waals surface area (Å²) in [5.41, 5.74) is 1.28. The minimum Gasteiger partial charge on any atom is -0.214 e. The van der Waals surface area contributed by atoms with Gasteiger partial charge in [0.25, 0.3) is 0 Å². The van der Waals surface area contributed by atoms with Crippen LogP contribution in [-0.2, 0) is 0 Å². The van der Waals surface area contributed by atoms with Gasteiger partial charge < -0.3 is 0 Å². The highest BCUT2D eigenvalue weighted by atomic mass is 79.9. The van der Waals surface area contributed by atoms with Crippen molar-refractivity contribution in [1.82, 2.24) is 14.0 Å². The van der Waals surface area contributed by atoms with Crippen molar-refractivity contribution in [3.8, 4) is 0 Å². The smallest absolute Gasteiger partial charge is 0.214 e. The Hall–Kier alpha value is -0.190. The average Bonchev–Trinajstić information content (AvgIpc) is 3.37. The predicted octanol–water partition coefficient (Wildman–Crippen LogP) is 4.83. The number of hydrogen-bond donors (Lipinski definition) is 1. The van der Waals surface area contributed by atoms with Crippen LogP contribution in [0.15, 0.2) is 28.7 Å². The average molecular weight is 412 g/mol. The maximum Gasteiger partial charge on any atom is 0.329 e. The minimum atomic E-state index is -1.64. The Labute approximate surface area is 155 Å². The Balaban J connectivity index is 1.71. The van der Waals surface area contributed by atoms with Gasteiger partial charge >= 0.3 is 7.87 Å². The molecule has 3 saturated heterocycles. The summed E-state index contributed by atoms with van der Waals surface area (Å²) >= 11 is 3.57. The monoisotopic (exact) mass is 411 g/mol. The lowest BCUT2D eigenvalue weighted by atomic mass is 10.3. The molecular weight excluding hydrogens is 383 g/mol. The van der Waals surface area contributed by atoms with Crippen LogP contribution >= 0.6 is 23.8 Å². The molecule has 0 unspecified atom stereocenters. The minimum absolute atomic E-state index is 1.15. The Morgan fingerprint density at radius 3 is 1.42 bits per heavy atom. The number of nitrogens with one attached hydrogen (secondary N) is 1. The fourth-order valence-electron chi connectivity index (χ4n) is 4.38. The summed E-state index contributed by atoms with van der Waals surface area (Å²) in [6.45, 7) is 7.53. The zero-order valence-electron chi connectivity index (χ0n) is 14.5. The molecule has 4 nitrogen and oxygen atoms in total. The molecule has 3 heterocycles. The summed E-state index contributed by atoms with van der Waals surface area (Å²) in [5.74, 6) is 0. The lowest BCUT2D eigenvalue weighted by Gasteiger charge is -2.43. The lowest BCUT2D eigenvalue weighted by Crippen LogP contribution is -2.46. The third kappa shape index (κ3) is 3.26. The van der Waals surface area contributed by atoms with E-state index >= 15 is 0 Å². The van der Waals surface area contributed by atoms with Gasteiger partial charge in [-0.15, -0.1) is 14.0 Å². The standard InChI is InChI=1S/C18H29BrN4P/c19-17-7-9-18(10-8-17)20-24(21-11-1-2-12-21,22-13-3-4-14-22)23-15-5-6-16-23/h7-10,20H,1-6,11-16H2/q+1. The second kappa shape index (κ2) is 7.59. The second-order valence-corrected chi connectivity index (χ2v) is 11.1. The largest absolute Gasteiger partial charge is 0.329 e. The van der Waals surface area contributed by atoms with E-state index in [9.17, 15) is 0 Å². The highest BCUT2D eigenvalue weighted by Gasteiger charge is 2.59. The summed E-state index contributed by atoms with van der Waals surface area (Å²) < 4.78 is 9.63. The normalized spacial score (nSPS) is 24.0. The van der Waals surface area contributed by atoms with Crippen molar-refractivity contribution in [3.05, 3.63) is 28.7 Å². The molecule has 0 radical (unpaired) electrons. The number of nitrogens with zero attached hydrogens (tertiary/aromatic N) is 3. The molecule has 1 N–H and O–H groups in total. The third-order valence-electron chi connectivity index (χ3n) is 5.55. The molecule has 0 aliphatic carbocycles. The van der Waals surface area contributed by atoms with Crippen molar-refractivity contribution >= 4 is 29.5 Å². The molecule has 0 saturated carbocycles. The molecule has 3 aliphatic heterocycles. The number of rotatable bonds is 5. The number of benzene rings is 1. The van der Waals surface area contributed by atoms with E-state index in [-0.39, 0.29) is 0 Å². The van der Waals surface area contributed by atoms with Gasteiger partial charge in [0, 0.05) is 43.7 Å². The van der Waals surface area contributed by atoms with Crippen molar-refractivity contribution in [3.63, 3.8) is 0 Å². The maximum absolute atomic E-state index is 4.11. The van der Waals surface area contributed by atoms with Crippen LogP contribution in [0.2, 0.25) is 0 Å². The first-order valence-electron chi connectivity index (χ1n) is 9.48. The molecule has 3 fully saturated rings. The van der Waals surface area contributed by atoms with Crippen LogP contribution in [0.25, 0.3) is 0 Å². The summed E-state index contributed by atoms with van der Waals surface area (Å²) in [4.78, 5) is 0. The van der Waals surface area contributed by atoms with E-state index in [4.69, 9.17) is 0 Å². The van der Waals surface area contributed by atoms with Crippen molar-refractivity contribution in [1.29, 1.82) is 0 Å². The molecule has 0 amide bonds. The van der Waals surface area contributed by atoms with E-state index in [0.29, 0.717) is 0 Å². The summed E-state index contributed by atoms with van der Waals surface area (Å²) in [6.07, 6.45) is 8.12. The van der Waals surface area contributed by atoms with Crippen LogP contribution in [0, 0.1) is 0 Å². The highest BCUT2D eigenvalue weighted by molar-refractivity contribution is 9.10. The van der Waals surface area contributed by atoms with Gasteiger partial charge in [-0.1, -0.05) is 15.9 Å². The van der Waals surface area contributed by atoms with Crippen LogP contribution in [0.4, 0.5) is 5.69 Å². The predicted molar refractivity (Wildman–Crippen MR) is 107 cm³/mol. The molecule has 0 atom stereocenters. The Bertz CT molecular complexity index is 494. The van der Waals surface area contributed by atoms with Gasteiger partial charge in [-0.05, 0) is 62.8 Å². The molecule has 1 aromatic rings. The topological polar surface area (TPSA) is 21.8 Å². The molecule has 0 bridgehead atoms. The Morgan fingerprint density at radius 1 is 0.667 bits per heavy atom. The first kappa shape index (κ1) is 17.2. The summed E-state index contributed by atoms with van der Waals surface area (Å²) in [5, 5.41) is 4.11. The van der Waals surface area contributed by atoms with Crippen LogP contribution < -0.4 is 5.09 Å². The van der Waals surface area contributed by atoms with Gasteiger partial charge in [0.1, 0.15) is 0 Å². The number of hydrogen-bond acceptors (Lipinski definition) is 4. The maximum atomic E-state index is 4.11. The molecular formula is C18H29BrN4P+. The van der Waals surface area contributed by atoms with E-state index in [1.54, 1.807) is 0 Å². The van der Waals surface area contributed by atoms with Crippen LogP contribution in [-0.4, -0.2) is 53.3 Å². The van der Waals surface area contributed by atoms with Crippen LogP contribution in [0.1, 0.15) is 38.5 Å². The SMILES string of the molecule is Brc1ccc(N[P+](N2CCCC2)(N2CCCC2)N2CCCC2)cc1. The Morgan fingerprint density at radius 2 is 1.04 bits per heavy atom. The van der Waals surface area contributed by atoms with Gasteiger partial charge in [0.05, 0.1) is 5.69 Å². The fourth-order valence-corrected chi connectivity index (χ4v) is 9.16. The third-order valence-corrected chi connectivity index (χ3v) is 10.2. The first-order valence-corrected chi connectivity index (χ1v) is 11.9. The molecule has 4 rings (SSSR count). The summed E-state index contributed by atoms with van der Waals surface area (Å²) in [6, 6.07) is 8.80. The van der Waals surface area contributed by atoms with Crippen LogP contribution in [0.3, 0.4) is 0 Å². The van der Waals surface area contributed by atoms with E-state index in [2.05, 4.69) is 59.3 Å². The molecule has 6 heteroatoms. The zero-order chi connectivity index (χ0) is 16.4. The van der Waals surface area contributed by atoms with Gasteiger partial charge in [0.2, 0.25) is 0 Å². The van der Waals surface area contributed by atoms with Crippen LogP contribution in [0.5, 0.6) is 0 Å². The lowest BCUT2D eigenvalue weighted by molar-refractivity contribution is 0.377. The highest BCUT2D eigenvalue weighted by Crippen LogP contribution is 2.69. The number of anilines is 1. The van der Waals surface area contributed by atoms with Crippen molar-refractivity contribution < 1.29 is 0 Å². The fraction of sp³-hybridized carbons (Fsp3) is 0.667. The van der Waals surface area contributed by atoms with Gasteiger partial charge in [-0.3, -0.25) is 0 Å². The second-order valence-electron chi connectivity index (χ2n) is 7.17. The quantitative estimate of drug-likeness (QED) is 0.700. The van der Waals surface area contributed by atoms with Crippen molar-refractivity contribution in [2.45, 2.75) is 38.5 Å². The molecule has 3 aliphatic rings. The van der Waals surface area contributed by atoms with E-state index in [0.717, 1.165) is 4.47 Å². The first-order chi connectivity index (χ1) is 11.8. The van der Waals surface area contributed by atoms with E-state index in [1.165, 1.54) is 83.5 Å². The molecule has 24 heavy (non-hydrogen) atoms. The van der Waals surface area contributed by atoms with Crippen molar-refractivity contribution in [2.24, 2.45) is 0 Å². The molecule has 0 aromatic heterocycles. The summed E-state index contributed by atoms with van der Waals surface area (Å²) in [7, 11) is -1.64. The van der Waals surface area contributed by atoms with E-state index in [1.807, 2.05) is 0 Å². The molecule has 1 aromatic carbocycles. The molecule has 0 spiro atoms.